The van der Waals surface area contributed by atoms with Crippen LogP contribution in [-0.2, 0) is 6.42 Å². The molecule has 8 heteroatoms. The minimum Gasteiger partial charge on any atom is -0.289 e. The van der Waals surface area contributed by atoms with Crippen LogP contribution in [0, 0.1) is 13.8 Å². The van der Waals surface area contributed by atoms with Gasteiger partial charge in [-0.15, -0.1) is 0 Å². The number of nitrogens with one attached hydrogen (secondary N) is 1. The molecule has 1 aromatic carbocycles. The first-order chi connectivity index (χ1) is 11.2. The summed E-state index contributed by atoms with van der Waals surface area (Å²) in [5.74, 6) is 0. The molecule has 0 atom stereocenters. The van der Waals surface area contributed by atoms with Gasteiger partial charge in [0, 0.05) is 21.8 Å². The monoisotopic (exact) mass is 355 g/mol. The predicted octanol–water partition coefficient (Wildman–Crippen LogP) is 4.06. The van der Waals surface area contributed by atoms with E-state index in [2.05, 4.69) is 10.1 Å². The van der Waals surface area contributed by atoms with Gasteiger partial charge in [0.05, 0.1) is 12.1 Å². The molecule has 0 fully saturated rings. The number of aryl methyl sites for hydroxylation is 2. The van der Waals surface area contributed by atoms with Crippen LogP contribution in [0.1, 0.15) is 16.8 Å². The summed E-state index contributed by atoms with van der Waals surface area (Å²) in [6.07, 6.45) is -5.78. The van der Waals surface area contributed by atoms with E-state index in [-0.39, 0.29) is 11.3 Å². The number of fused-ring (bicyclic) bond motifs is 1. The fraction of sp³-hybridized carbons (Fsp3) is 0.250. The van der Waals surface area contributed by atoms with Gasteiger partial charge in [-0.1, -0.05) is 23.7 Å². The third kappa shape index (κ3) is 2.91. The summed E-state index contributed by atoms with van der Waals surface area (Å²) in [6.45, 7) is 3.17. The van der Waals surface area contributed by atoms with Gasteiger partial charge >= 0.3 is 6.18 Å². The Morgan fingerprint density at radius 2 is 1.83 bits per heavy atom. The minimum atomic E-state index is -4.47. The highest BCUT2D eigenvalue weighted by atomic mass is 35.5. The molecule has 0 spiro atoms. The van der Waals surface area contributed by atoms with Crippen molar-refractivity contribution < 1.29 is 13.2 Å². The maximum atomic E-state index is 12.7. The molecule has 0 amide bonds. The number of H-pyrrole nitrogens is 1. The summed E-state index contributed by atoms with van der Waals surface area (Å²) < 4.78 is 39.1. The van der Waals surface area contributed by atoms with E-state index in [1.807, 2.05) is 0 Å². The molecule has 0 saturated carbocycles. The van der Waals surface area contributed by atoms with Crippen molar-refractivity contribution in [3.05, 3.63) is 56.5 Å². The topological polar surface area (TPSA) is 50.2 Å². The van der Waals surface area contributed by atoms with E-state index in [1.165, 1.54) is 6.92 Å². The van der Waals surface area contributed by atoms with Gasteiger partial charge < -0.3 is 0 Å². The summed E-state index contributed by atoms with van der Waals surface area (Å²) in [4.78, 5) is 16.6. The van der Waals surface area contributed by atoms with Gasteiger partial charge in [0.1, 0.15) is 0 Å². The van der Waals surface area contributed by atoms with Gasteiger partial charge in [0.2, 0.25) is 0 Å². The van der Waals surface area contributed by atoms with Crippen LogP contribution < -0.4 is 5.56 Å². The van der Waals surface area contributed by atoms with Crippen LogP contribution in [0.25, 0.3) is 16.9 Å². The maximum absolute atomic E-state index is 12.7. The number of nitrogens with zero attached hydrogens (tertiary/aromatic N) is 2. The van der Waals surface area contributed by atoms with E-state index >= 15 is 0 Å². The molecule has 0 unspecified atom stereocenters. The normalized spacial score (nSPS) is 12.1. The smallest absolute Gasteiger partial charge is 0.289 e. The molecule has 0 bridgehead atoms. The highest BCUT2D eigenvalue weighted by Gasteiger charge is 2.31. The molecular weight excluding hydrogens is 343 g/mol. The molecule has 0 saturated heterocycles. The zero-order valence-corrected chi connectivity index (χ0v) is 13.6. The van der Waals surface area contributed by atoms with Gasteiger partial charge in [-0.05, 0) is 31.5 Å². The second-order valence-electron chi connectivity index (χ2n) is 5.55. The third-order valence-electron chi connectivity index (χ3n) is 3.83. The van der Waals surface area contributed by atoms with E-state index in [9.17, 15) is 18.0 Å². The number of benzene rings is 1. The summed E-state index contributed by atoms with van der Waals surface area (Å²) >= 11 is 5.86. The van der Waals surface area contributed by atoms with Crippen molar-refractivity contribution in [2.45, 2.75) is 26.4 Å². The van der Waals surface area contributed by atoms with Crippen LogP contribution in [0.4, 0.5) is 13.2 Å². The van der Waals surface area contributed by atoms with Crippen LogP contribution in [0.15, 0.2) is 29.1 Å². The summed E-state index contributed by atoms with van der Waals surface area (Å²) in [7, 11) is 0. The van der Waals surface area contributed by atoms with Crippen LogP contribution in [0.2, 0.25) is 5.02 Å². The van der Waals surface area contributed by atoms with Crippen LogP contribution in [0.3, 0.4) is 0 Å². The van der Waals surface area contributed by atoms with E-state index in [4.69, 9.17) is 11.6 Å². The molecule has 0 aliphatic carbocycles. The maximum Gasteiger partial charge on any atom is 0.393 e. The first kappa shape index (κ1) is 16.6. The van der Waals surface area contributed by atoms with Gasteiger partial charge in [-0.2, -0.15) is 13.2 Å². The zero-order chi connectivity index (χ0) is 17.6. The van der Waals surface area contributed by atoms with Crippen molar-refractivity contribution in [1.29, 1.82) is 0 Å². The van der Waals surface area contributed by atoms with Crippen molar-refractivity contribution in [3.63, 3.8) is 0 Å². The number of aromatic nitrogens is 3. The first-order valence-corrected chi connectivity index (χ1v) is 7.48. The fourth-order valence-electron chi connectivity index (χ4n) is 2.63. The highest BCUT2D eigenvalue weighted by Crippen LogP contribution is 2.26. The Morgan fingerprint density at radius 3 is 2.42 bits per heavy atom. The molecule has 2 aromatic heterocycles. The van der Waals surface area contributed by atoms with Crippen LogP contribution in [0.5, 0.6) is 0 Å². The largest absolute Gasteiger partial charge is 0.393 e. The molecule has 3 rings (SSSR count). The molecule has 3 aromatic rings. The highest BCUT2D eigenvalue weighted by molar-refractivity contribution is 6.30. The second kappa shape index (κ2) is 5.66. The third-order valence-corrected chi connectivity index (χ3v) is 4.08. The molecule has 0 aliphatic rings. The van der Waals surface area contributed by atoms with Gasteiger partial charge in [0.15, 0.2) is 5.65 Å². The van der Waals surface area contributed by atoms with E-state index < -0.39 is 18.2 Å². The van der Waals surface area contributed by atoms with Crippen molar-refractivity contribution in [2.24, 2.45) is 0 Å². The lowest BCUT2D eigenvalue weighted by Crippen LogP contribution is -2.26. The van der Waals surface area contributed by atoms with Crippen LogP contribution in [-0.4, -0.2) is 20.8 Å². The quantitative estimate of drug-likeness (QED) is 0.753. The Labute approximate surface area is 139 Å². The summed E-state index contributed by atoms with van der Waals surface area (Å²) in [5.41, 5.74) is 1.35. The van der Waals surface area contributed by atoms with Crippen molar-refractivity contribution in [3.8, 4) is 11.3 Å². The first-order valence-electron chi connectivity index (χ1n) is 7.11. The summed E-state index contributed by atoms with van der Waals surface area (Å²) in [6, 6.07) is 6.90. The van der Waals surface area contributed by atoms with Gasteiger partial charge in [0.25, 0.3) is 5.56 Å². The Morgan fingerprint density at radius 1 is 1.21 bits per heavy atom. The lowest BCUT2D eigenvalue weighted by atomic mass is 10.1. The molecule has 126 valence electrons. The Balaban J connectivity index is 2.23. The van der Waals surface area contributed by atoms with Crippen LogP contribution >= 0.6 is 11.6 Å². The molecule has 4 nitrogen and oxygen atoms in total. The SMILES string of the molecule is Cc1nc2c(C)c(-c3ccc(Cl)cc3)[nH]n2c(=O)c1CC(F)(F)F. The number of aromatic amines is 1. The molecule has 2 heterocycles. The van der Waals surface area contributed by atoms with Crippen molar-refractivity contribution in [2.75, 3.05) is 0 Å². The van der Waals surface area contributed by atoms with E-state index in [0.717, 1.165) is 10.1 Å². The predicted molar refractivity (Wildman–Crippen MR) is 85.5 cm³/mol. The Kier molecular flexibility index (Phi) is 3.91. The van der Waals surface area contributed by atoms with E-state index in [0.29, 0.717) is 21.9 Å². The lowest BCUT2D eigenvalue weighted by Gasteiger charge is -2.08. The number of rotatable bonds is 2. The average molecular weight is 356 g/mol. The average Bonchev–Trinajstić information content (AvgIpc) is 2.81. The number of hydrogen-bond acceptors (Lipinski definition) is 2. The fourth-order valence-corrected chi connectivity index (χ4v) is 2.75. The molecule has 0 radical (unpaired) electrons. The van der Waals surface area contributed by atoms with E-state index in [1.54, 1.807) is 31.2 Å². The minimum absolute atomic E-state index is 0.0853. The number of alkyl halides is 3. The van der Waals surface area contributed by atoms with Crippen molar-refractivity contribution >= 4 is 17.2 Å². The van der Waals surface area contributed by atoms with Gasteiger partial charge in [-0.25, -0.2) is 9.50 Å². The Hall–Kier alpha value is -2.28. The van der Waals surface area contributed by atoms with Crippen molar-refractivity contribution in [1.82, 2.24) is 14.6 Å². The molecule has 1 N–H and O–H groups in total. The molecule has 24 heavy (non-hydrogen) atoms. The molecular formula is C16H13ClF3N3O. The zero-order valence-electron chi connectivity index (χ0n) is 12.8. The number of halogens is 4. The number of hydrogen-bond donors (Lipinski definition) is 1. The Bertz CT molecular complexity index is 971. The summed E-state index contributed by atoms with van der Waals surface area (Å²) in [5, 5.41) is 3.41. The molecule has 0 aliphatic heterocycles. The second-order valence-corrected chi connectivity index (χ2v) is 5.99. The van der Waals surface area contributed by atoms with Gasteiger partial charge in [-0.3, -0.25) is 9.89 Å². The lowest BCUT2D eigenvalue weighted by molar-refractivity contribution is -0.127. The standard InChI is InChI=1S/C16H13ClF3N3O/c1-8-13(10-3-5-11(17)6-4-10)22-23-14(8)21-9(2)12(15(23)24)7-16(18,19)20/h3-6,22H,7H2,1-2H3.